The van der Waals surface area contributed by atoms with Crippen molar-refractivity contribution < 1.29 is 27.5 Å². The molecular formula is C28H35ClN4O6S. The van der Waals surface area contributed by atoms with E-state index >= 15 is 0 Å². The zero-order valence-electron chi connectivity index (χ0n) is 22.4. The molecule has 4 atom stereocenters. The monoisotopic (exact) mass is 590 g/mol. The van der Waals surface area contributed by atoms with Gasteiger partial charge in [-0.15, -0.1) is 0 Å². The number of fused-ring (bicyclic) bond motifs is 4. The van der Waals surface area contributed by atoms with E-state index < -0.39 is 28.2 Å². The van der Waals surface area contributed by atoms with Crippen molar-refractivity contribution in [2.24, 2.45) is 0 Å². The molecule has 40 heavy (non-hydrogen) atoms. The first-order valence-electron chi connectivity index (χ1n) is 13.6. The average Bonchev–Trinajstić information content (AvgIpc) is 2.91. The highest BCUT2D eigenvalue weighted by atomic mass is 35.5. The quantitative estimate of drug-likeness (QED) is 0.560. The number of piperazine rings is 1. The van der Waals surface area contributed by atoms with Crippen molar-refractivity contribution in [3.63, 3.8) is 0 Å². The van der Waals surface area contributed by atoms with Gasteiger partial charge in [0, 0.05) is 50.2 Å². The Balaban J connectivity index is 1.41. The second-order valence-electron chi connectivity index (χ2n) is 10.6. The van der Waals surface area contributed by atoms with Crippen LogP contribution in [0.5, 0.6) is 5.75 Å². The zero-order chi connectivity index (χ0) is 28.3. The molecule has 0 radical (unpaired) electrons. The van der Waals surface area contributed by atoms with Crippen LogP contribution in [0.4, 0.5) is 0 Å². The Labute approximate surface area is 240 Å². The maximum atomic E-state index is 13.8. The van der Waals surface area contributed by atoms with Gasteiger partial charge >= 0.3 is 0 Å². The fraction of sp³-hybridized carbons (Fsp3) is 0.500. The standard InChI is InChI=1S/C28H35ClN4O6S/c1-40(36,37)31-23-10-9-21-11-14-38-25-8-3-2-7-22(25)28(35)33-13-12-32(17-19-5-4-6-20(29)15-19)18-24(33)27(34)30-16-26(23)39-21/h2-8,15,21,23-24,26,31H,9-14,16-18H2,1H3,(H,30,34)/t21-,23+,24-,26+/m0/s1. The minimum Gasteiger partial charge on any atom is -0.493 e. The molecule has 12 heteroatoms. The number of sulfonamides is 1. The maximum absolute atomic E-state index is 13.8. The molecular weight excluding hydrogens is 556 g/mol. The van der Waals surface area contributed by atoms with Gasteiger partial charge in [-0.1, -0.05) is 35.9 Å². The molecule has 10 nitrogen and oxygen atoms in total. The van der Waals surface area contributed by atoms with Crippen molar-refractivity contribution in [2.45, 2.75) is 50.1 Å². The molecule has 2 amide bonds. The van der Waals surface area contributed by atoms with Crippen molar-refractivity contribution in [2.75, 3.05) is 39.0 Å². The predicted octanol–water partition coefficient (Wildman–Crippen LogP) is 2.03. The molecule has 2 bridgehead atoms. The summed E-state index contributed by atoms with van der Waals surface area (Å²) in [7, 11) is -3.47. The van der Waals surface area contributed by atoms with Gasteiger partial charge in [0.05, 0.1) is 30.6 Å². The van der Waals surface area contributed by atoms with Gasteiger partial charge in [-0.25, -0.2) is 13.1 Å². The molecule has 3 aliphatic rings. The SMILES string of the molecule is CS(=O)(=O)N[C@@H]1CC[C@H]2CCOc3ccccc3C(=O)N3CCN(Cc4cccc(Cl)c4)C[C@H]3C(=O)NC[C@H]1O2. The Bertz CT molecular complexity index is 1340. The highest BCUT2D eigenvalue weighted by Crippen LogP contribution is 2.27. The Morgan fingerprint density at radius 3 is 2.70 bits per heavy atom. The summed E-state index contributed by atoms with van der Waals surface area (Å²) in [6.07, 6.45) is 2.20. The predicted molar refractivity (Wildman–Crippen MR) is 151 cm³/mol. The molecule has 2 saturated heterocycles. The summed E-state index contributed by atoms with van der Waals surface area (Å²) in [6.45, 7) is 2.30. The summed E-state index contributed by atoms with van der Waals surface area (Å²) < 4.78 is 39.0. The fourth-order valence-corrected chi connectivity index (χ4v) is 6.69. The lowest BCUT2D eigenvalue weighted by Gasteiger charge is -2.41. The zero-order valence-corrected chi connectivity index (χ0v) is 24.0. The Kier molecular flexibility index (Phi) is 8.96. The number of benzene rings is 2. The third kappa shape index (κ3) is 7.13. The number of rotatable bonds is 4. The second-order valence-corrected chi connectivity index (χ2v) is 12.8. The van der Waals surface area contributed by atoms with Gasteiger partial charge in [0.2, 0.25) is 15.9 Å². The molecule has 0 aromatic heterocycles. The van der Waals surface area contributed by atoms with Crippen LogP contribution in [-0.4, -0.2) is 93.4 Å². The van der Waals surface area contributed by atoms with Gasteiger partial charge in [-0.3, -0.25) is 14.5 Å². The minimum absolute atomic E-state index is 0.118. The number of ether oxygens (including phenoxy) is 2. The molecule has 216 valence electrons. The van der Waals surface area contributed by atoms with E-state index in [1.807, 2.05) is 30.3 Å². The summed E-state index contributed by atoms with van der Waals surface area (Å²) in [6, 6.07) is 13.4. The van der Waals surface area contributed by atoms with Crippen molar-refractivity contribution in [1.29, 1.82) is 0 Å². The lowest BCUT2D eigenvalue weighted by molar-refractivity contribution is -0.130. The minimum atomic E-state index is -3.47. The van der Waals surface area contributed by atoms with E-state index in [4.69, 9.17) is 21.1 Å². The molecule has 0 unspecified atom stereocenters. The molecule has 2 aromatic rings. The fourth-order valence-electron chi connectivity index (χ4n) is 5.66. The highest BCUT2D eigenvalue weighted by molar-refractivity contribution is 7.88. The molecule has 2 fully saturated rings. The van der Waals surface area contributed by atoms with Crippen LogP contribution in [0, 0.1) is 0 Å². The summed E-state index contributed by atoms with van der Waals surface area (Å²) >= 11 is 6.18. The van der Waals surface area contributed by atoms with Gasteiger partial charge < -0.3 is 19.7 Å². The van der Waals surface area contributed by atoms with Gasteiger partial charge in [-0.2, -0.15) is 0 Å². The van der Waals surface area contributed by atoms with E-state index in [1.54, 1.807) is 23.1 Å². The summed E-state index contributed by atoms with van der Waals surface area (Å²) in [5.74, 6) is -0.110. The third-order valence-electron chi connectivity index (χ3n) is 7.60. The molecule has 0 aliphatic carbocycles. The van der Waals surface area contributed by atoms with E-state index in [1.165, 1.54) is 0 Å². The molecule has 2 N–H and O–H groups in total. The normalized spacial score (nSPS) is 26.6. The molecule has 5 rings (SSSR count). The number of hydrogen-bond donors (Lipinski definition) is 2. The van der Waals surface area contributed by atoms with Crippen LogP contribution in [0.25, 0.3) is 0 Å². The molecule has 3 aliphatic heterocycles. The van der Waals surface area contributed by atoms with Crippen LogP contribution >= 0.6 is 11.6 Å². The second kappa shape index (κ2) is 12.4. The number of para-hydroxylation sites is 1. The summed E-state index contributed by atoms with van der Waals surface area (Å²) in [5.41, 5.74) is 1.43. The van der Waals surface area contributed by atoms with Crippen LogP contribution in [-0.2, 0) is 26.1 Å². The number of hydrogen-bond acceptors (Lipinski definition) is 7. The number of halogens is 1. The Hall–Kier alpha value is -2.70. The molecule has 3 heterocycles. The largest absolute Gasteiger partial charge is 0.493 e. The lowest BCUT2D eigenvalue weighted by Crippen LogP contribution is -2.61. The van der Waals surface area contributed by atoms with Crippen molar-refractivity contribution in [1.82, 2.24) is 19.8 Å². The van der Waals surface area contributed by atoms with Crippen LogP contribution < -0.4 is 14.8 Å². The molecule has 0 saturated carbocycles. The lowest BCUT2D eigenvalue weighted by atomic mass is 9.97. The third-order valence-corrected chi connectivity index (χ3v) is 8.56. The number of nitrogens with one attached hydrogen (secondary N) is 2. The number of carbonyl (C=O) groups is 2. The first-order valence-corrected chi connectivity index (χ1v) is 15.8. The van der Waals surface area contributed by atoms with Crippen molar-refractivity contribution in [3.05, 3.63) is 64.7 Å². The highest BCUT2D eigenvalue weighted by Gasteiger charge is 2.39. The smallest absolute Gasteiger partial charge is 0.258 e. The van der Waals surface area contributed by atoms with Gasteiger partial charge in [0.1, 0.15) is 11.8 Å². The topological polar surface area (TPSA) is 117 Å². The van der Waals surface area contributed by atoms with Crippen LogP contribution in [0.3, 0.4) is 0 Å². The number of amides is 2. The Morgan fingerprint density at radius 1 is 1.07 bits per heavy atom. The first-order chi connectivity index (χ1) is 19.2. The van der Waals surface area contributed by atoms with E-state index in [9.17, 15) is 18.0 Å². The molecule has 2 aromatic carbocycles. The van der Waals surface area contributed by atoms with Gasteiger partial charge in [-0.05, 0) is 42.7 Å². The average molecular weight is 591 g/mol. The van der Waals surface area contributed by atoms with Crippen molar-refractivity contribution >= 4 is 33.4 Å². The molecule has 0 spiro atoms. The maximum Gasteiger partial charge on any atom is 0.258 e. The van der Waals surface area contributed by atoms with E-state index in [0.29, 0.717) is 68.4 Å². The van der Waals surface area contributed by atoms with Crippen LogP contribution in [0.2, 0.25) is 5.02 Å². The van der Waals surface area contributed by atoms with Gasteiger partial charge in [0.25, 0.3) is 5.91 Å². The van der Waals surface area contributed by atoms with Crippen LogP contribution in [0.15, 0.2) is 48.5 Å². The van der Waals surface area contributed by atoms with E-state index in [2.05, 4.69) is 14.9 Å². The van der Waals surface area contributed by atoms with E-state index in [0.717, 1.165) is 11.8 Å². The van der Waals surface area contributed by atoms with Gasteiger partial charge in [0.15, 0.2) is 0 Å². The van der Waals surface area contributed by atoms with E-state index in [-0.39, 0.29) is 24.5 Å². The number of carbonyl (C=O) groups excluding carboxylic acids is 2. The van der Waals surface area contributed by atoms with Crippen molar-refractivity contribution in [3.8, 4) is 5.75 Å². The van der Waals surface area contributed by atoms with Crippen LogP contribution in [0.1, 0.15) is 35.2 Å². The summed E-state index contributed by atoms with van der Waals surface area (Å²) in [5, 5.41) is 3.61. The Morgan fingerprint density at radius 2 is 1.90 bits per heavy atom. The number of nitrogens with zero attached hydrogens (tertiary/aromatic N) is 2. The summed E-state index contributed by atoms with van der Waals surface area (Å²) in [4.78, 5) is 31.3. The first kappa shape index (κ1) is 28.8.